The van der Waals surface area contributed by atoms with Gasteiger partial charge in [0.15, 0.2) is 0 Å². The lowest BCUT2D eigenvalue weighted by Crippen LogP contribution is -2.17. The molecule has 28 heavy (non-hydrogen) atoms. The maximum absolute atomic E-state index is 3.80. The molecule has 2 heteroatoms. The molecule has 2 heterocycles. The lowest BCUT2D eigenvalue weighted by molar-refractivity contribution is 0.593. The van der Waals surface area contributed by atoms with Crippen LogP contribution < -0.4 is 0 Å². The molecule has 0 atom stereocenters. The molecule has 0 saturated heterocycles. The minimum atomic E-state index is 0.0127. The smallest absolute Gasteiger partial charge is 0.0513 e. The van der Waals surface area contributed by atoms with E-state index in [2.05, 4.69) is 100 Å². The number of benzene rings is 3. The summed E-state index contributed by atoms with van der Waals surface area (Å²) in [6, 6.07) is 17.4. The van der Waals surface area contributed by atoms with Gasteiger partial charge in [0.2, 0.25) is 0 Å². The predicted octanol–water partition coefficient (Wildman–Crippen LogP) is 7.55. The van der Waals surface area contributed by atoms with E-state index in [0.717, 1.165) is 0 Å². The molecule has 0 fully saturated rings. The van der Waals surface area contributed by atoms with Crippen LogP contribution in [0.3, 0.4) is 0 Å². The maximum atomic E-state index is 3.80. The molecular formula is C26H28N2. The number of para-hydroxylation sites is 2. The molecule has 3 aromatic carbocycles. The van der Waals surface area contributed by atoms with Gasteiger partial charge in [0.05, 0.1) is 11.0 Å². The predicted molar refractivity (Wildman–Crippen MR) is 123 cm³/mol. The molecule has 0 radical (unpaired) electrons. The van der Waals surface area contributed by atoms with Crippen molar-refractivity contribution in [3.05, 3.63) is 59.7 Å². The van der Waals surface area contributed by atoms with E-state index < -0.39 is 0 Å². The Hall–Kier alpha value is -2.74. The van der Waals surface area contributed by atoms with Crippen molar-refractivity contribution in [1.82, 2.24) is 9.97 Å². The van der Waals surface area contributed by atoms with Crippen LogP contribution in [0.1, 0.15) is 52.7 Å². The molecule has 0 amide bonds. The van der Waals surface area contributed by atoms with Crippen molar-refractivity contribution in [2.75, 3.05) is 0 Å². The van der Waals surface area contributed by atoms with Crippen LogP contribution in [0.2, 0.25) is 0 Å². The van der Waals surface area contributed by atoms with E-state index in [1.165, 1.54) is 54.7 Å². The summed E-state index contributed by atoms with van der Waals surface area (Å²) in [5.41, 5.74) is 7.83. The van der Waals surface area contributed by atoms with E-state index in [1.54, 1.807) is 0 Å². The normalized spacial score (nSPS) is 13.4. The highest BCUT2D eigenvalue weighted by Crippen LogP contribution is 2.47. The number of H-pyrrole nitrogens is 2. The van der Waals surface area contributed by atoms with Gasteiger partial charge in [-0.3, -0.25) is 0 Å². The molecule has 0 saturated carbocycles. The molecule has 2 N–H and O–H groups in total. The minimum Gasteiger partial charge on any atom is -0.354 e. The van der Waals surface area contributed by atoms with Gasteiger partial charge in [-0.2, -0.15) is 0 Å². The van der Waals surface area contributed by atoms with Crippen LogP contribution in [0.4, 0.5) is 0 Å². The number of fused-ring (bicyclic) bond motifs is 6. The Morgan fingerprint density at radius 3 is 1.25 bits per heavy atom. The van der Waals surface area contributed by atoms with Gasteiger partial charge in [0.1, 0.15) is 0 Å². The number of aromatic nitrogens is 2. The lowest BCUT2D eigenvalue weighted by atomic mass is 9.76. The fourth-order valence-electron chi connectivity index (χ4n) is 4.93. The first-order chi connectivity index (χ1) is 13.2. The second-order valence-corrected chi connectivity index (χ2v) is 10.1. The van der Waals surface area contributed by atoms with Gasteiger partial charge >= 0.3 is 0 Å². The van der Waals surface area contributed by atoms with Crippen LogP contribution in [0.25, 0.3) is 43.6 Å². The maximum Gasteiger partial charge on any atom is 0.0513 e. The van der Waals surface area contributed by atoms with E-state index in [-0.39, 0.29) is 10.8 Å². The first kappa shape index (κ1) is 17.4. The van der Waals surface area contributed by atoms with E-state index in [4.69, 9.17) is 0 Å². The van der Waals surface area contributed by atoms with Crippen LogP contribution in [0, 0.1) is 0 Å². The fraction of sp³-hybridized carbons (Fsp3) is 0.308. The monoisotopic (exact) mass is 368 g/mol. The van der Waals surface area contributed by atoms with Crippen molar-refractivity contribution < 1.29 is 0 Å². The molecular weight excluding hydrogens is 340 g/mol. The Morgan fingerprint density at radius 1 is 0.536 bits per heavy atom. The van der Waals surface area contributed by atoms with Crippen LogP contribution in [0.5, 0.6) is 0 Å². The van der Waals surface area contributed by atoms with Gasteiger partial charge in [0, 0.05) is 32.6 Å². The first-order valence-electron chi connectivity index (χ1n) is 10.2. The van der Waals surface area contributed by atoms with E-state index >= 15 is 0 Å². The fourth-order valence-corrected chi connectivity index (χ4v) is 4.93. The van der Waals surface area contributed by atoms with Crippen molar-refractivity contribution in [2.45, 2.75) is 52.4 Å². The van der Waals surface area contributed by atoms with Gasteiger partial charge in [0.25, 0.3) is 0 Å². The van der Waals surface area contributed by atoms with Crippen LogP contribution >= 0.6 is 0 Å². The van der Waals surface area contributed by atoms with Crippen molar-refractivity contribution in [1.29, 1.82) is 0 Å². The molecule has 0 spiro atoms. The van der Waals surface area contributed by atoms with Gasteiger partial charge in [-0.25, -0.2) is 0 Å². The third-order valence-electron chi connectivity index (χ3n) is 5.91. The van der Waals surface area contributed by atoms with Gasteiger partial charge in [-0.05, 0) is 34.1 Å². The summed E-state index contributed by atoms with van der Waals surface area (Å²) in [6.45, 7) is 13.9. The highest BCUT2D eigenvalue weighted by molar-refractivity contribution is 6.22. The molecule has 142 valence electrons. The molecule has 0 bridgehead atoms. The number of rotatable bonds is 0. The Balaban J connectivity index is 2.21. The molecule has 2 aromatic heterocycles. The summed E-state index contributed by atoms with van der Waals surface area (Å²) in [5.74, 6) is 0. The molecule has 0 aliphatic carbocycles. The molecule has 5 aromatic rings. The Kier molecular flexibility index (Phi) is 3.35. The van der Waals surface area contributed by atoms with Crippen molar-refractivity contribution >= 4 is 43.6 Å². The van der Waals surface area contributed by atoms with E-state index in [0.29, 0.717) is 0 Å². The van der Waals surface area contributed by atoms with E-state index in [1.807, 2.05) is 0 Å². The topological polar surface area (TPSA) is 31.6 Å². The highest BCUT2D eigenvalue weighted by Gasteiger charge is 2.31. The van der Waals surface area contributed by atoms with Crippen molar-refractivity contribution in [3.63, 3.8) is 0 Å². The Morgan fingerprint density at radius 2 is 0.893 bits per heavy atom. The quantitative estimate of drug-likeness (QED) is 0.283. The van der Waals surface area contributed by atoms with Crippen molar-refractivity contribution in [2.24, 2.45) is 0 Å². The van der Waals surface area contributed by atoms with Crippen molar-refractivity contribution in [3.8, 4) is 0 Å². The van der Waals surface area contributed by atoms with Gasteiger partial charge in [-0.15, -0.1) is 0 Å². The summed E-state index contributed by atoms with van der Waals surface area (Å²) < 4.78 is 0. The molecule has 2 nitrogen and oxygen atoms in total. The Labute approximate surface area is 165 Å². The SMILES string of the molecule is CC(C)(C)c1c2[nH]c3ccccc3c2c(C(C)(C)C)c2[nH]c3ccccc3c12. The van der Waals surface area contributed by atoms with Gasteiger partial charge in [-0.1, -0.05) is 77.9 Å². The zero-order chi connectivity index (χ0) is 19.8. The molecule has 0 unspecified atom stereocenters. The summed E-state index contributed by atoms with van der Waals surface area (Å²) in [5, 5.41) is 5.36. The zero-order valence-electron chi connectivity index (χ0n) is 17.6. The minimum absolute atomic E-state index is 0.0127. The molecule has 0 aliphatic rings. The second-order valence-electron chi connectivity index (χ2n) is 10.1. The first-order valence-corrected chi connectivity index (χ1v) is 10.2. The lowest BCUT2D eigenvalue weighted by Gasteiger charge is -2.27. The molecule has 5 rings (SSSR count). The molecule has 0 aliphatic heterocycles. The number of hydrogen-bond donors (Lipinski definition) is 2. The van der Waals surface area contributed by atoms with Crippen LogP contribution in [-0.2, 0) is 10.8 Å². The number of hydrogen-bond acceptors (Lipinski definition) is 0. The number of aromatic amines is 2. The Bertz CT molecular complexity index is 1260. The average molecular weight is 369 g/mol. The highest BCUT2D eigenvalue weighted by atomic mass is 14.8. The van der Waals surface area contributed by atoms with E-state index in [9.17, 15) is 0 Å². The third-order valence-corrected chi connectivity index (χ3v) is 5.91. The number of nitrogens with one attached hydrogen (secondary N) is 2. The van der Waals surface area contributed by atoms with Crippen LogP contribution in [-0.4, -0.2) is 9.97 Å². The van der Waals surface area contributed by atoms with Crippen LogP contribution in [0.15, 0.2) is 48.5 Å². The summed E-state index contributed by atoms with van der Waals surface area (Å²) in [7, 11) is 0. The second kappa shape index (κ2) is 5.41. The standard InChI is InChI=1S/C26H28N2/c1-25(2,3)21-19-15-11-7-9-13-17(15)28-24(19)22(26(4,5)6)20-16-12-8-10-14-18(16)27-23(20)21/h7-14,27-28H,1-6H3. The largest absolute Gasteiger partial charge is 0.354 e. The summed E-state index contributed by atoms with van der Waals surface area (Å²) in [6.07, 6.45) is 0. The van der Waals surface area contributed by atoms with Gasteiger partial charge < -0.3 is 9.97 Å². The zero-order valence-corrected chi connectivity index (χ0v) is 17.6. The summed E-state index contributed by atoms with van der Waals surface area (Å²) in [4.78, 5) is 7.60. The third kappa shape index (κ3) is 2.27. The summed E-state index contributed by atoms with van der Waals surface area (Å²) >= 11 is 0. The average Bonchev–Trinajstić information content (AvgIpc) is 3.15.